The van der Waals surface area contributed by atoms with E-state index < -0.39 is 12.0 Å². The summed E-state index contributed by atoms with van der Waals surface area (Å²) in [5, 5.41) is 10.1. The number of aliphatic carboxylic acids is 1. The summed E-state index contributed by atoms with van der Waals surface area (Å²) in [5.41, 5.74) is 0. The van der Waals surface area contributed by atoms with Crippen LogP contribution in [0.2, 0.25) is 0 Å². The highest BCUT2D eigenvalue weighted by atomic mass is 16.7. The second kappa shape index (κ2) is 4.39. The molecule has 0 amide bonds. The Balaban J connectivity index is 2.50. The fourth-order valence-corrected chi connectivity index (χ4v) is 1.21. The zero-order valence-electron chi connectivity index (χ0n) is 6.99. The van der Waals surface area contributed by atoms with Crippen molar-refractivity contribution in [3.05, 3.63) is 0 Å². The van der Waals surface area contributed by atoms with Gasteiger partial charge in [-0.15, -0.1) is 11.5 Å². The van der Waals surface area contributed by atoms with Gasteiger partial charge in [0.05, 0.1) is 0 Å². The van der Waals surface area contributed by atoms with Gasteiger partial charge in [0.15, 0.2) is 6.11 Å². The molecule has 0 aromatic rings. The maximum absolute atomic E-state index is 10.6. The lowest BCUT2D eigenvalue weighted by molar-refractivity contribution is -0.160. The van der Waals surface area contributed by atoms with Gasteiger partial charge in [0.2, 0.25) is 0 Å². The molecule has 1 fully saturated rings. The van der Waals surface area contributed by atoms with Gasteiger partial charge in [0.1, 0.15) is 6.04 Å². The highest BCUT2D eigenvalue weighted by Crippen LogP contribution is 2.16. The number of carboxylic acid groups (broad SMARTS) is 1. The SMILES string of the molecule is C#CC#CON1CCCC1C(=O)O. The van der Waals surface area contributed by atoms with Gasteiger partial charge >= 0.3 is 5.97 Å². The van der Waals surface area contributed by atoms with Crippen molar-refractivity contribution >= 4 is 5.97 Å². The van der Waals surface area contributed by atoms with E-state index in [0.29, 0.717) is 13.0 Å². The first kappa shape index (κ1) is 9.44. The minimum Gasteiger partial charge on any atom is -0.480 e. The number of terminal acetylenes is 1. The van der Waals surface area contributed by atoms with Gasteiger partial charge in [-0.1, -0.05) is 0 Å². The first-order chi connectivity index (χ1) is 6.25. The van der Waals surface area contributed by atoms with E-state index in [-0.39, 0.29) is 0 Å². The molecule has 1 rings (SSSR count). The van der Waals surface area contributed by atoms with E-state index in [1.807, 2.05) is 0 Å². The molecular weight excluding hydrogens is 170 g/mol. The van der Waals surface area contributed by atoms with Crippen LogP contribution in [0, 0.1) is 24.4 Å². The monoisotopic (exact) mass is 179 g/mol. The Morgan fingerprint density at radius 3 is 3.08 bits per heavy atom. The molecule has 0 aliphatic carbocycles. The Morgan fingerprint density at radius 2 is 2.46 bits per heavy atom. The first-order valence-corrected chi connectivity index (χ1v) is 3.87. The van der Waals surface area contributed by atoms with Crippen LogP contribution in [-0.2, 0) is 9.63 Å². The maximum Gasteiger partial charge on any atom is 0.324 e. The van der Waals surface area contributed by atoms with Crippen LogP contribution >= 0.6 is 0 Å². The van der Waals surface area contributed by atoms with Crippen molar-refractivity contribution < 1.29 is 14.7 Å². The molecule has 68 valence electrons. The number of carboxylic acids is 1. The summed E-state index contributed by atoms with van der Waals surface area (Å²) in [4.78, 5) is 15.5. The van der Waals surface area contributed by atoms with E-state index in [1.54, 1.807) is 0 Å². The molecule has 13 heavy (non-hydrogen) atoms. The quantitative estimate of drug-likeness (QED) is 0.609. The van der Waals surface area contributed by atoms with Crippen molar-refractivity contribution in [3.63, 3.8) is 0 Å². The van der Waals surface area contributed by atoms with Crippen LogP contribution in [0.5, 0.6) is 0 Å². The molecule has 1 saturated heterocycles. The van der Waals surface area contributed by atoms with Crippen molar-refractivity contribution in [2.45, 2.75) is 18.9 Å². The maximum atomic E-state index is 10.6. The molecule has 1 atom stereocenters. The highest BCUT2D eigenvalue weighted by Gasteiger charge is 2.31. The second-order valence-electron chi connectivity index (χ2n) is 2.60. The van der Waals surface area contributed by atoms with Crippen molar-refractivity contribution in [1.82, 2.24) is 5.06 Å². The molecule has 0 aromatic heterocycles. The lowest BCUT2D eigenvalue weighted by atomic mass is 10.2. The number of rotatable bonds is 2. The summed E-state index contributed by atoms with van der Waals surface area (Å²) in [6.45, 7) is 0.580. The molecule has 1 N–H and O–H groups in total. The van der Waals surface area contributed by atoms with Gasteiger partial charge in [-0.2, -0.15) is 0 Å². The summed E-state index contributed by atoms with van der Waals surface area (Å²) < 4.78 is 0. The number of nitrogens with zero attached hydrogens (tertiary/aromatic N) is 1. The summed E-state index contributed by atoms with van der Waals surface area (Å²) in [5.74, 6) is 3.44. The van der Waals surface area contributed by atoms with Crippen molar-refractivity contribution in [2.24, 2.45) is 0 Å². The topological polar surface area (TPSA) is 49.8 Å². The van der Waals surface area contributed by atoms with E-state index in [1.165, 1.54) is 5.06 Å². The Morgan fingerprint density at radius 1 is 1.69 bits per heavy atom. The van der Waals surface area contributed by atoms with Crippen LogP contribution < -0.4 is 0 Å². The highest BCUT2D eigenvalue weighted by molar-refractivity contribution is 5.73. The lowest BCUT2D eigenvalue weighted by Crippen LogP contribution is -2.34. The molecule has 1 heterocycles. The van der Waals surface area contributed by atoms with Crippen LogP contribution in [0.4, 0.5) is 0 Å². The van der Waals surface area contributed by atoms with Gasteiger partial charge in [-0.3, -0.25) is 4.79 Å². The number of hydrogen-bond donors (Lipinski definition) is 1. The third-order valence-electron chi connectivity index (χ3n) is 1.77. The molecule has 1 aliphatic heterocycles. The van der Waals surface area contributed by atoms with Gasteiger partial charge in [-0.25, -0.2) is 0 Å². The Hall–Kier alpha value is -1.65. The molecule has 1 unspecified atom stereocenters. The van der Waals surface area contributed by atoms with E-state index in [4.69, 9.17) is 16.4 Å². The summed E-state index contributed by atoms with van der Waals surface area (Å²) in [7, 11) is 0. The zero-order valence-corrected chi connectivity index (χ0v) is 6.99. The van der Waals surface area contributed by atoms with Gasteiger partial charge in [0.25, 0.3) is 0 Å². The number of hydrogen-bond acceptors (Lipinski definition) is 3. The molecular formula is C9H9NO3. The third-order valence-corrected chi connectivity index (χ3v) is 1.77. The molecule has 0 spiro atoms. The van der Waals surface area contributed by atoms with E-state index >= 15 is 0 Å². The van der Waals surface area contributed by atoms with Gasteiger partial charge in [0, 0.05) is 12.5 Å². The normalized spacial score (nSPS) is 21.3. The van der Waals surface area contributed by atoms with Crippen LogP contribution in [0.1, 0.15) is 12.8 Å². The number of carbonyl (C=O) groups is 1. The van der Waals surface area contributed by atoms with Crippen LogP contribution in [-0.4, -0.2) is 28.7 Å². The van der Waals surface area contributed by atoms with Crippen molar-refractivity contribution in [1.29, 1.82) is 0 Å². The smallest absolute Gasteiger partial charge is 0.324 e. The summed E-state index contributed by atoms with van der Waals surface area (Å²) >= 11 is 0. The fraction of sp³-hybridized carbons (Fsp3) is 0.444. The lowest BCUT2D eigenvalue weighted by Gasteiger charge is -2.15. The predicted molar refractivity (Wildman–Crippen MR) is 45.1 cm³/mol. The largest absolute Gasteiger partial charge is 0.480 e. The van der Waals surface area contributed by atoms with Crippen LogP contribution in [0.15, 0.2) is 0 Å². The summed E-state index contributed by atoms with van der Waals surface area (Å²) in [6, 6.07) is -0.591. The van der Waals surface area contributed by atoms with E-state index in [0.717, 1.165) is 6.42 Å². The Bertz CT molecular complexity index is 294. The molecule has 0 saturated carbocycles. The van der Waals surface area contributed by atoms with Gasteiger partial charge < -0.3 is 9.94 Å². The van der Waals surface area contributed by atoms with Crippen LogP contribution in [0.25, 0.3) is 0 Å². The predicted octanol–water partition coefficient (Wildman–Crippen LogP) is 0.0611. The first-order valence-electron chi connectivity index (χ1n) is 3.87. The summed E-state index contributed by atoms with van der Waals surface area (Å²) in [6.07, 6.45) is 8.50. The molecule has 0 aromatic carbocycles. The Labute approximate surface area is 76.4 Å². The zero-order chi connectivity index (χ0) is 9.68. The molecule has 4 nitrogen and oxygen atoms in total. The second-order valence-corrected chi connectivity index (χ2v) is 2.60. The van der Waals surface area contributed by atoms with Crippen molar-refractivity contribution in [2.75, 3.05) is 6.54 Å². The molecule has 1 aliphatic rings. The average Bonchev–Trinajstić information content (AvgIpc) is 2.53. The van der Waals surface area contributed by atoms with E-state index in [2.05, 4.69) is 17.9 Å². The van der Waals surface area contributed by atoms with Gasteiger partial charge in [-0.05, 0) is 18.8 Å². The molecule has 0 bridgehead atoms. The fourth-order valence-electron chi connectivity index (χ4n) is 1.21. The van der Waals surface area contributed by atoms with E-state index in [9.17, 15) is 4.79 Å². The van der Waals surface area contributed by atoms with Crippen molar-refractivity contribution in [3.8, 4) is 24.4 Å². The number of hydroxylamine groups is 2. The average molecular weight is 179 g/mol. The molecule has 0 radical (unpaired) electrons. The minimum atomic E-state index is -0.889. The standard InChI is InChI=1S/C9H9NO3/c1-2-3-7-13-10-6-4-5-8(10)9(11)12/h1,8H,4-6H2,(H,11,12). The third kappa shape index (κ3) is 2.40. The Kier molecular flexibility index (Phi) is 3.19. The van der Waals surface area contributed by atoms with Crippen LogP contribution in [0.3, 0.4) is 0 Å². The molecule has 4 heteroatoms. The minimum absolute atomic E-state index is 0.580.